The Morgan fingerprint density at radius 1 is 1.05 bits per heavy atom. The van der Waals surface area contributed by atoms with Crippen LogP contribution in [0.2, 0.25) is 0 Å². The highest BCUT2D eigenvalue weighted by atomic mass is 19.1. The fourth-order valence-electron chi connectivity index (χ4n) is 4.68. The minimum atomic E-state index is -0.835. The smallest absolute Gasteiger partial charge is 0.256 e. The van der Waals surface area contributed by atoms with E-state index in [1.165, 1.54) is 25.3 Å². The summed E-state index contributed by atoms with van der Waals surface area (Å²) in [5, 5.41) is 6.29. The minimum absolute atomic E-state index is 0.00329. The number of ether oxygens (including phenoxy) is 4. The molecule has 0 aromatic heterocycles. The lowest BCUT2D eigenvalue weighted by Crippen LogP contribution is -2.47. The first-order valence-electron chi connectivity index (χ1n) is 12.1. The molecule has 2 aliphatic rings. The van der Waals surface area contributed by atoms with E-state index >= 15 is 0 Å². The summed E-state index contributed by atoms with van der Waals surface area (Å²) in [7, 11) is 4.61. The van der Waals surface area contributed by atoms with Crippen molar-refractivity contribution in [1.82, 2.24) is 9.91 Å². The third kappa shape index (κ3) is 5.11. The second kappa shape index (κ2) is 10.8. The number of methoxy groups -OCH3 is 3. The largest absolute Gasteiger partial charge is 0.493 e. The van der Waals surface area contributed by atoms with E-state index in [-0.39, 0.29) is 24.3 Å². The molecule has 0 N–H and O–H groups in total. The lowest BCUT2D eigenvalue weighted by Gasteiger charge is -2.35. The molecule has 0 aliphatic carbocycles. The molecule has 0 unspecified atom stereocenters. The van der Waals surface area contributed by atoms with E-state index in [0.29, 0.717) is 48.9 Å². The first kappa shape index (κ1) is 26.4. The molecule has 1 saturated heterocycles. The molecule has 2 heterocycles. The molecular formula is C27H32FN3O6. The van der Waals surface area contributed by atoms with Crippen LogP contribution >= 0.6 is 0 Å². The molecule has 0 radical (unpaired) electrons. The Morgan fingerprint density at radius 3 is 2.41 bits per heavy atom. The number of halogens is 1. The number of benzene rings is 2. The van der Waals surface area contributed by atoms with Crippen LogP contribution in [0.4, 0.5) is 4.39 Å². The summed E-state index contributed by atoms with van der Waals surface area (Å²) in [4.78, 5) is 28.1. The van der Waals surface area contributed by atoms with Crippen molar-refractivity contribution in [3.63, 3.8) is 0 Å². The maximum Gasteiger partial charge on any atom is 0.256 e. The number of hydrogen-bond acceptors (Lipinski definition) is 7. The van der Waals surface area contributed by atoms with Crippen LogP contribution in [0.25, 0.3) is 0 Å². The third-order valence-electron chi connectivity index (χ3n) is 6.81. The predicted octanol–water partition coefficient (Wildman–Crippen LogP) is 3.70. The predicted molar refractivity (Wildman–Crippen MR) is 135 cm³/mol. The van der Waals surface area contributed by atoms with Crippen molar-refractivity contribution in [1.29, 1.82) is 0 Å². The van der Waals surface area contributed by atoms with Crippen LogP contribution in [0.5, 0.6) is 17.2 Å². The van der Waals surface area contributed by atoms with Crippen LogP contribution in [-0.4, -0.2) is 74.7 Å². The second-order valence-electron chi connectivity index (χ2n) is 9.51. The van der Waals surface area contributed by atoms with Crippen LogP contribution in [-0.2, 0) is 9.53 Å². The molecule has 0 bridgehead atoms. The van der Waals surface area contributed by atoms with Gasteiger partial charge in [0.2, 0.25) is 0 Å². The highest BCUT2D eigenvalue weighted by Crippen LogP contribution is 2.37. The summed E-state index contributed by atoms with van der Waals surface area (Å²) in [6.07, 6.45) is 1.05. The van der Waals surface area contributed by atoms with Crippen molar-refractivity contribution in [2.45, 2.75) is 32.7 Å². The highest BCUT2D eigenvalue weighted by Gasteiger charge is 2.47. The summed E-state index contributed by atoms with van der Waals surface area (Å²) in [5.41, 5.74) is 0.529. The van der Waals surface area contributed by atoms with Gasteiger partial charge in [0, 0.05) is 25.8 Å². The molecule has 9 nitrogen and oxygen atoms in total. The molecular weight excluding hydrogens is 481 g/mol. The topological polar surface area (TPSA) is 89.9 Å². The Labute approximate surface area is 215 Å². The van der Waals surface area contributed by atoms with Gasteiger partial charge in [-0.2, -0.15) is 5.10 Å². The van der Waals surface area contributed by atoms with Crippen LogP contribution in [0.3, 0.4) is 0 Å². The van der Waals surface area contributed by atoms with E-state index in [1.807, 2.05) is 26.0 Å². The lowest BCUT2D eigenvalue weighted by atomic mass is 9.83. The molecule has 4 rings (SSSR count). The van der Waals surface area contributed by atoms with E-state index in [9.17, 15) is 14.0 Å². The number of carbonyl (C=O) groups is 2. The minimum Gasteiger partial charge on any atom is -0.493 e. The zero-order chi connectivity index (χ0) is 26.7. The van der Waals surface area contributed by atoms with Gasteiger partial charge in [-0.15, -0.1) is 0 Å². The first-order chi connectivity index (χ1) is 17.7. The summed E-state index contributed by atoms with van der Waals surface area (Å²) in [6.45, 7) is 4.45. The molecule has 10 heteroatoms. The third-order valence-corrected chi connectivity index (χ3v) is 6.81. The molecule has 2 aromatic rings. The monoisotopic (exact) mass is 513 g/mol. The molecule has 1 fully saturated rings. The number of likely N-dealkylation sites (tertiary alicyclic amines) is 1. The van der Waals surface area contributed by atoms with Crippen LogP contribution < -0.4 is 14.2 Å². The van der Waals surface area contributed by atoms with Crippen molar-refractivity contribution < 1.29 is 32.9 Å². The Morgan fingerprint density at radius 2 is 1.76 bits per heavy atom. The van der Waals surface area contributed by atoms with Gasteiger partial charge in [0.25, 0.3) is 11.8 Å². The van der Waals surface area contributed by atoms with Crippen molar-refractivity contribution >= 4 is 17.5 Å². The quantitative estimate of drug-likeness (QED) is 0.500. The van der Waals surface area contributed by atoms with Gasteiger partial charge in [0.1, 0.15) is 11.6 Å². The van der Waals surface area contributed by atoms with Crippen molar-refractivity contribution in [3.05, 3.63) is 53.3 Å². The normalized spacial score (nSPS) is 17.6. The van der Waals surface area contributed by atoms with Gasteiger partial charge in [-0.25, -0.2) is 9.40 Å². The fourth-order valence-corrected chi connectivity index (χ4v) is 4.68. The fraction of sp³-hybridized carbons (Fsp3) is 0.444. The lowest BCUT2D eigenvalue weighted by molar-refractivity contribution is -0.137. The SMILES string of the molecule is COCOc1ccc(F)c(C(=O)N2CCC(N3N=C(c4ccc(OC)c(OC)c4)C(C)(C)C3=O)CC2)c1. The van der Waals surface area contributed by atoms with E-state index in [2.05, 4.69) is 0 Å². The Balaban J connectivity index is 1.49. The molecule has 0 spiro atoms. The molecule has 2 aromatic carbocycles. The Bertz CT molecular complexity index is 1210. The van der Waals surface area contributed by atoms with Gasteiger partial charge in [-0.05, 0) is 63.1 Å². The van der Waals surface area contributed by atoms with E-state index in [4.69, 9.17) is 24.0 Å². The number of piperidine rings is 1. The number of amides is 2. The Hall–Kier alpha value is -3.66. The van der Waals surface area contributed by atoms with Gasteiger partial charge in [-0.1, -0.05) is 0 Å². The van der Waals surface area contributed by atoms with E-state index in [1.54, 1.807) is 30.2 Å². The van der Waals surface area contributed by atoms with Crippen LogP contribution in [0, 0.1) is 11.2 Å². The van der Waals surface area contributed by atoms with Gasteiger partial charge in [0.05, 0.1) is 37.0 Å². The first-order valence-corrected chi connectivity index (χ1v) is 12.1. The molecule has 2 aliphatic heterocycles. The van der Waals surface area contributed by atoms with Crippen molar-refractivity contribution in [2.24, 2.45) is 10.5 Å². The average molecular weight is 514 g/mol. The molecule has 37 heavy (non-hydrogen) atoms. The van der Waals surface area contributed by atoms with E-state index < -0.39 is 17.1 Å². The maximum absolute atomic E-state index is 14.4. The van der Waals surface area contributed by atoms with Crippen LogP contribution in [0.15, 0.2) is 41.5 Å². The number of carbonyl (C=O) groups excluding carboxylic acids is 2. The van der Waals surface area contributed by atoms with Crippen molar-refractivity contribution in [2.75, 3.05) is 41.2 Å². The van der Waals surface area contributed by atoms with Crippen molar-refractivity contribution in [3.8, 4) is 17.2 Å². The number of nitrogens with zero attached hydrogens (tertiary/aromatic N) is 3. The van der Waals surface area contributed by atoms with Crippen LogP contribution in [0.1, 0.15) is 42.6 Å². The molecule has 2 amide bonds. The zero-order valence-corrected chi connectivity index (χ0v) is 21.7. The highest BCUT2D eigenvalue weighted by molar-refractivity contribution is 6.19. The Kier molecular flexibility index (Phi) is 7.68. The number of hydrazone groups is 1. The van der Waals surface area contributed by atoms with Gasteiger partial charge in [0.15, 0.2) is 18.3 Å². The molecule has 0 saturated carbocycles. The number of rotatable bonds is 8. The van der Waals surface area contributed by atoms with Gasteiger partial charge >= 0.3 is 0 Å². The average Bonchev–Trinajstić information content (AvgIpc) is 3.15. The summed E-state index contributed by atoms with van der Waals surface area (Å²) >= 11 is 0. The van der Waals surface area contributed by atoms with E-state index in [0.717, 1.165) is 5.56 Å². The summed E-state index contributed by atoms with van der Waals surface area (Å²) in [5.74, 6) is 0.369. The summed E-state index contributed by atoms with van der Waals surface area (Å²) < 4.78 is 35.4. The molecule has 0 atom stereocenters. The van der Waals surface area contributed by atoms with Gasteiger partial charge in [-0.3, -0.25) is 9.59 Å². The van der Waals surface area contributed by atoms with Gasteiger partial charge < -0.3 is 23.8 Å². The molecule has 198 valence electrons. The number of hydrogen-bond donors (Lipinski definition) is 0. The standard InChI is InChI=1S/C27H32FN3O6/c1-27(2)24(17-6-9-22(35-4)23(14-17)36-5)29-31(26(27)33)18-10-12-30(13-11-18)25(32)20-15-19(37-16-34-3)7-8-21(20)28/h6-9,14-15,18H,10-13,16H2,1-5H3. The summed E-state index contributed by atoms with van der Waals surface area (Å²) in [6, 6.07) is 9.34. The zero-order valence-electron chi connectivity index (χ0n) is 21.7. The maximum atomic E-state index is 14.4. The second-order valence-corrected chi connectivity index (χ2v) is 9.51.